The van der Waals surface area contributed by atoms with Crippen molar-refractivity contribution in [3.05, 3.63) is 52.1 Å². The first-order valence-corrected chi connectivity index (χ1v) is 6.16. The van der Waals surface area contributed by atoms with Gasteiger partial charge in [0.15, 0.2) is 0 Å². The molecule has 2 aromatic rings. The lowest BCUT2D eigenvalue weighted by molar-refractivity contribution is 0.277. The van der Waals surface area contributed by atoms with Gasteiger partial charge in [-0.2, -0.15) is 0 Å². The summed E-state index contributed by atoms with van der Waals surface area (Å²) in [5.74, 6) is 0.641. The van der Waals surface area contributed by atoms with Crippen LogP contribution in [0.5, 0.6) is 0 Å². The summed E-state index contributed by atoms with van der Waals surface area (Å²) in [6.45, 7) is -0.0918. The van der Waals surface area contributed by atoms with Crippen molar-refractivity contribution >= 4 is 33.6 Å². The normalized spacial score (nSPS) is 10.1. The van der Waals surface area contributed by atoms with Crippen molar-refractivity contribution in [3.8, 4) is 0 Å². The minimum absolute atomic E-state index is 0.0918. The molecule has 1 heterocycles. The van der Waals surface area contributed by atoms with E-state index in [0.717, 1.165) is 15.7 Å². The summed E-state index contributed by atoms with van der Waals surface area (Å²) in [5.41, 5.74) is 2.17. The summed E-state index contributed by atoms with van der Waals surface area (Å²) in [4.78, 5) is 4.24. The van der Waals surface area contributed by atoms with Crippen LogP contribution in [0, 0.1) is 5.41 Å². The van der Waals surface area contributed by atoms with Crippen molar-refractivity contribution < 1.29 is 5.11 Å². The van der Waals surface area contributed by atoms with Gasteiger partial charge >= 0.3 is 0 Å². The molecule has 0 saturated carbocycles. The molecule has 0 saturated heterocycles. The van der Waals surface area contributed by atoms with E-state index >= 15 is 0 Å². The summed E-state index contributed by atoms with van der Waals surface area (Å²) in [5, 5.41) is 19.5. The highest BCUT2D eigenvalue weighted by Crippen LogP contribution is 2.23. The lowest BCUT2D eigenvalue weighted by atomic mass is 10.2. The number of nitrogens with one attached hydrogen (secondary N) is 2. The zero-order valence-electron chi connectivity index (χ0n) is 9.52. The third-order valence-corrected chi connectivity index (χ3v) is 2.90. The highest BCUT2D eigenvalue weighted by atomic mass is 79.9. The number of pyridine rings is 1. The van der Waals surface area contributed by atoms with Crippen LogP contribution >= 0.6 is 15.9 Å². The lowest BCUT2D eigenvalue weighted by Gasteiger charge is -2.09. The molecule has 18 heavy (non-hydrogen) atoms. The van der Waals surface area contributed by atoms with Crippen molar-refractivity contribution in [1.29, 1.82) is 5.41 Å². The van der Waals surface area contributed by atoms with Gasteiger partial charge in [0.2, 0.25) is 0 Å². The molecule has 5 heteroatoms. The van der Waals surface area contributed by atoms with Gasteiger partial charge in [-0.05, 0) is 24.3 Å². The van der Waals surface area contributed by atoms with Crippen LogP contribution in [0.3, 0.4) is 0 Å². The minimum Gasteiger partial charge on any atom is -0.390 e. The van der Waals surface area contributed by atoms with Gasteiger partial charge in [-0.1, -0.05) is 28.1 Å². The fourth-order valence-electron chi connectivity index (χ4n) is 1.54. The average molecular weight is 306 g/mol. The number of hydrogen-bond acceptors (Lipinski definition) is 4. The smallest absolute Gasteiger partial charge is 0.130 e. The number of benzene rings is 1. The first-order valence-electron chi connectivity index (χ1n) is 5.37. The molecule has 4 nitrogen and oxygen atoms in total. The SMILES string of the molecule is N=Cc1ccc(Br)cc1Nc1cccc(CO)n1. The van der Waals surface area contributed by atoms with E-state index in [1.54, 1.807) is 6.07 Å². The van der Waals surface area contributed by atoms with E-state index < -0.39 is 0 Å². The van der Waals surface area contributed by atoms with Crippen LogP contribution < -0.4 is 5.32 Å². The lowest BCUT2D eigenvalue weighted by Crippen LogP contribution is -1.99. The Morgan fingerprint density at radius 2 is 2.17 bits per heavy atom. The Bertz CT molecular complexity index is 572. The van der Waals surface area contributed by atoms with E-state index in [1.165, 1.54) is 6.21 Å². The maximum atomic E-state index is 9.04. The molecule has 92 valence electrons. The largest absolute Gasteiger partial charge is 0.390 e. The summed E-state index contributed by atoms with van der Waals surface area (Å²) in [7, 11) is 0. The van der Waals surface area contributed by atoms with E-state index in [4.69, 9.17) is 10.5 Å². The van der Waals surface area contributed by atoms with Crippen LogP contribution in [-0.4, -0.2) is 16.3 Å². The molecule has 1 aromatic heterocycles. The molecule has 0 fully saturated rings. The second kappa shape index (κ2) is 5.75. The van der Waals surface area contributed by atoms with Crippen LogP contribution in [0.15, 0.2) is 40.9 Å². The Hall–Kier alpha value is -1.72. The number of aliphatic hydroxyl groups excluding tert-OH is 1. The number of hydrogen-bond donors (Lipinski definition) is 3. The second-order valence-electron chi connectivity index (χ2n) is 3.67. The van der Waals surface area contributed by atoms with E-state index in [1.807, 2.05) is 30.3 Å². The Labute approximate surface area is 113 Å². The average Bonchev–Trinajstić information content (AvgIpc) is 2.39. The topological polar surface area (TPSA) is 69.0 Å². The van der Waals surface area contributed by atoms with Crippen LogP contribution in [0.1, 0.15) is 11.3 Å². The molecule has 0 aliphatic rings. The third-order valence-electron chi connectivity index (χ3n) is 2.40. The van der Waals surface area contributed by atoms with Crippen molar-refractivity contribution in [2.24, 2.45) is 0 Å². The Morgan fingerprint density at radius 1 is 1.33 bits per heavy atom. The summed E-state index contributed by atoms with van der Waals surface area (Å²) >= 11 is 3.39. The highest BCUT2D eigenvalue weighted by Gasteiger charge is 2.03. The molecule has 0 bridgehead atoms. The van der Waals surface area contributed by atoms with Gasteiger partial charge in [0.05, 0.1) is 12.3 Å². The molecule has 0 spiro atoms. The summed E-state index contributed by atoms with van der Waals surface area (Å²) in [6, 6.07) is 11.0. The molecule has 0 aliphatic heterocycles. The number of rotatable bonds is 4. The first-order chi connectivity index (χ1) is 8.72. The maximum absolute atomic E-state index is 9.04. The zero-order chi connectivity index (χ0) is 13.0. The van der Waals surface area contributed by atoms with Gasteiger partial charge in [0, 0.05) is 21.9 Å². The molecule has 0 amide bonds. The standard InChI is InChI=1S/C13H12BrN3O/c14-10-5-4-9(7-15)12(6-10)17-13-3-1-2-11(8-18)16-13/h1-7,15,18H,8H2,(H,16,17). The first kappa shape index (κ1) is 12.7. The Balaban J connectivity index is 2.32. The molecule has 2 rings (SSSR count). The van der Waals surface area contributed by atoms with E-state index in [9.17, 15) is 0 Å². The van der Waals surface area contributed by atoms with Gasteiger partial charge in [-0.15, -0.1) is 0 Å². The van der Waals surface area contributed by atoms with Crippen LogP contribution in [-0.2, 0) is 6.61 Å². The quantitative estimate of drug-likeness (QED) is 0.760. The fraction of sp³-hybridized carbons (Fsp3) is 0.0769. The molecule has 0 unspecified atom stereocenters. The van der Waals surface area contributed by atoms with Crippen molar-refractivity contribution in [2.75, 3.05) is 5.32 Å². The van der Waals surface area contributed by atoms with E-state index in [0.29, 0.717) is 11.5 Å². The number of aliphatic hydroxyl groups is 1. The minimum atomic E-state index is -0.0918. The van der Waals surface area contributed by atoms with Crippen LogP contribution in [0.2, 0.25) is 0 Å². The van der Waals surface area contributed by atoms with Gasteiger partial charge in [-0.3, -0.25) is 0 Å². The van der Waals surface area contributed by atoms with Gasteiger partial charge in [-0.25, -0.2) is 4.98 Å². The van der Waals surface area contributed by atoms with E-state index in [-0.39, 0.29) is 6.61 Å². The van der Waals surface area contributed by atoms with Crippen molar-refractivity contribution in [3.63, 3.8) is 0 Å². The predicted octanol–water partition coefficient (Wildman–Crippen LogP) is 3.08. The number of halogens is 1. The molecule has 3 N–H and O–H groups in total. The molecular formula is C13H12BrN3O. The number of nitrogens with zero attached hydrogens (tertiary/aromatic N) is 1. The summed E-state index contributed by atoms with van der Waals surface area (Å²) in [6.07, 6.45) is 1.28. The van der Waals surface area contributed by atoms with Crippen LogP contribution in [0.4, 0.5) is 11.5 Å². The van der Waals surface area contributed by atoms with Gasteiger partial charge < -0.3 is 15.8 Å². The molecular weight excluding hydrogens is 294 g/mol. The fourth-order valence-corrected chi connectivity index (χ4v) is 1.90. The molecule has 0 atom stereocenters. The molecule has 0 aliphatic carbocycles. The third kappa shape index (κ3) is 2.94. The van der Waals surface area contributed by atoms with Crippen molar-refractivity contribution in [1.82, 2.24) is 4.98 Å². The number of anilines is 2. The molecule has 1 aromatic carbocycles. The Morgan fingerprint density at radius 3 is 2.89 bits per heavy atom. The monoisotopic (exact) mass is 305 g/mol. The second-order valence-corrected chi connectivity index (χ2v) is 4.59. The number of aromatic nitrogens is 1. The van der Waals surface area contributed by atoms with E-state index in [2.05, 4.69) is 26.2 Å². The highest BCUT2D eigenvalue weighted by molar-refractivity contribution is 9.10. The summed E-state index contributed by atoms with van der Waals surface area (Å²) < 4.78 is 0.925. The van der Waals surface area contributed by atoms with Crippen molar-refractivity contribution in [2.45, 2.75) is 6.61 Å². The zero-order valence-corrected chi connectivity index (χ0v) is 11.1. The molecule has 0 radical (unpaired) electrons. The van der Waals surface area contributed by atoms with Gasteiger partial charge in [0.1, 0.15) is 5.82 Å². The van der Waals surface area contributed by atoms with Gasteiger partial charge in [0.25, 0.3) is 0 Å². The Kier molecular flexibility index (Phi) is 4.07. The maximum Gasteiger partial charge on any atom is 0.130 e. The predicted molar refractivity (Wildman–Crippen MR) is 75.5 cm³/mol. The van der Waals surface area contributed by atoms with Crippen LogP contribution in [0.25, 0.3) is 0 Å².